The predicted molar refractivity (Wildman–Crippen MR) is 61.0 cm³/mol. The number of nitrogens with one attached hydrogen (secondary N) is 1. The molecule has 0 saturated heterocycles. The van der Waals surface area contributed by atoms with Crippen LogP contribution in [0.1, 0.15) is 35.4 Å². The Kier molecular flexibility index (Phi) is 2.17. The Balaban J connectivity index is 2.02. The van der Waals surface area contributed by atoms with Crippen molar-refractivity contribution in [2.45, 2.75) is 38.2 Å². The monoisotopic (exact) mass is 203 g/mol. The number of aromatic amines is 1. The smallest absolute Gasteiger partial charge is 0.0797 e. The molecule has 2 aliphatic carbocycles. The molecule has 2 nitrogen and oxygen atoms in total. The summed E-state index contributed by atoms with van der Waals surface area (Å²) >= 11 is 0. The predicted octanol–water partition coefficient (Wildman–Crippen LogP) is 2.48. The summed E-state index contributed by atoms with van der Waals surface area (Å²) in [5.41, 5.74) is 5.91. The van der Waals surface area contributed by atoms with Crippen molar-refractivity contribution in [2.75, 3.05) is 7.11 Å². The van der Waals surface area contributed by atoms with E-state index in [0.29, 0.717) is 0 Å². The van der Waals surface area contributed by atoms with E-state index in [0.717, 1.165) is 6.42 Å². The van der Waals surface area contributed by atoms with Crippen LogP contribution >= 0.6 is 0 Å². The highest BCUT2D eigenvalue weighted by Crippen LogP contribution is 2.31. The Hall–Kier alpha value is -1.02. The van der Waals surface area contributed by atoms with Gasteiger partial charge in [0.05, 0.1) is 6.10 Å². The largest absolute Gasteiger partial charge is 0.377 e. The molecular weight excluding hydrogens is 186 g/mol. The molecule has 1 unspecified atom stereocenters. The Labute approximate surface area is 90.3 Å². The van der Waals surface area contributed by atoms with Crippen LogP contribution in [0.3, 0.4) is 0 Å². The van der Waals surface area contributed by atoms with Gasteiger partial charge in [-0.05, 0) is 42.9 Å². The molecule has 1 heterocycles. The van der Waals surface area contributed by atoms with Crippen LogP contribution in [0.5, 0.6) is 0 Å². The van der Waals surface area contributed by atoms with Crippen LogP contribution in [0.15, 0.2) is 6.08 Å². The van der Waals surface area contributed by atoms with Gasteiger partial charge in [-0.25, -0.2) is 0 Å². The van der Waals surface area contributed by atoms with E-state index in [1.165, 1.54) is 42.6 Å². The lowest BCUT2D eigenvalue weighted by molar-refractivity contribution is 0.141. The lowest BCUT2D eigenvalue weighted by Crippen LogP contribution is -2.15. The van der Waals surface area contributed by atoms with Gasteiger partial charge < -0.3 is 9.72 Å². The summed E-state index contributed by atoms with van der Waals surface area (Å²) in [5, 5.41) is 0. The first-order chi connectivity index (χ1) is 7.38. The quantitative estimate of drug-likeness (QED) is 0.745. The second kappa shape index (κ2) is 3.53. The highest BCUT2D eigenvalue weighted by atomic mass is 16.5. The molecule has 0 aromatic carbocycles. The maximum Gasteiger partial charge on any atom is 0.0797 e. The minimum Gasteiger partial charge on any atom is -0.377 e. The molecular formula is C13H17NO. The van der Waals surface area contributed by atoms with Crippen molar-refractivity contribution in [3.05, 3.63) is 28.6 Å². The van der Waals surface area contributed by atoms with E-state index in [9.17, 15) is 0 Å². The molecule has 0 bridgehead atoms. The van der Waals surface area contributed by atoms with Crippen molar-refractivity contribution in [2.24, 2.45) is 0 Å². The molecule has 0 amide bonds. The third-order valence-electron chi connectivity index (χ3n) is 3.63. The fourth-order valence-electron chi connectivity index (χ4n) is 2.79. The summed E-state index contributed by atoms with van der Waals surface area (Å²) in [7, 11) is 1.79. The third kappa shape index (κ3) is 1.44. The van der Waals surface area contributed by atoms with E-state index in [-0.39, 0.29) is 6.10 Å². The van der Waals surface area contributed by atoms with Crippen LogP contribution in [-0.2, 0) is 24.0 Å². The molecule has 1 N–H and O–H groups in total. The molecule has 2 heteroatoms. The minimum atomic E-state index is 0.277. The molecule has 1 atom stereocenters. The number of aryl methyl sites for hydroxylation is 1. The number of hydrogen-bond acceptors (Lipinski definition) is 1. The van der Waals surface area contributed by atoms with Crippen LogP contribution in [0.4, 0.5) is 0 Å². The van der Waals surface area contributed by atoms with Crippen molar-refractivity contribution in [3.8, 4) is 0 Å². The van der Waals surface area contributed by atoms with Gasteiger partial charge in [0.15, 0.2) is 0 Å². The van der Waals surface area contributed by atoms with E-state index in [1.807, 2.05) is 0 Å². The van der Waals surface area contributed by atoms with E-state index >= 15 is 0 Å². The summed E-state index contributed by atoms with van der Waals surface area (Å²) in [4.78, 5) is 3.56. The Morgan fingerprint density at radius 1 is 1.27 bits per heavy atom. The number of rotatable bonds is 1. The van der Waals surface area contributed by atoms with Gasteiger partial charge in [-0.15, -0.1) is 0 Å². The highest BCUT2D eigenvalue weighted by Gasteiger charge is 2.23. The summed E-state index contributed by atoms with van der Waals surface area (Å²) in [5.74, 6) is 0. The maximum atomic E-state index is 5.41. The topological polar surface area (TPSA) is 25.0 Å². The molecule has 0 aliphatic heterocycles. The number of aromatic nitrogens is 1. The lowest BCUT2D eigenvalue weighted by Gasteiger charge is -2.18. The second-order valence-electron chi connectivity index (χ2n) is 4.52. The first-order valence-electron chi connectivity index (χ1n) is 5.82. The SMILES string of the molecule is COC1C=Cc2[nH]c3c(c2C1)CCCC3. The average molecular weight is 203 g/mol. The maximum absolute atomic E-state index is 5.41. The van der Waals surface area contributed by atoms with Crippen LogP contribution in [-0.4, -0.2) is 18.2 Å². The molecule has 80 valence electrons. The molecule has 0 saturated carbocycles. The van der Waals surface area contributed by atoms with Gasteiger partial charge in [0, 0.05) is 24.9 Å². The van der Waals surface area contributed by atoms with E-state index < -0.39 is 0 Å². The molecule has 15 heavy (non-hydrogen) atoms. The van der Waals surface area contributed by atoms with Gasteiger partial charge in [0.25, 0.3) is 0 Å². The fourth-order valence-corrected chi connectivity index (χ4v) is 2.79. The number of ether oxygens (including phenoxy) is 1. The Bertz CT molecular complexity index is 403. The van der Waals surface area contributed by atoms with Crippen LogP contribution in [0, 0.1) is 0 Å². The van der Waals surface area contributed by atoms with Gasteiger partial charge in [-0.3, -0.25) is 0 Å². The Morgan fingerprint density at radius 3 is 3.00 bits per heavy atom. The first kappa shape index (κ1) is 9.22. The first-order valence-corrected chi connectivity index (χ1v) is 5.82. The summed E-state index contributed by atoms with van der Waals surface area (Å²) in [6.45, 7) is 0. The minimum absolute atomic E-state index is 0.277. The number of fused-ring (bicyclic) bond motifs is 3. The summed E-state index contributed by atoms with van der Waals surface area (Å²) in [6, 6.07) is 0. The van der Waals surface area contributed by atoms with Crippen molar-refractivity contribution in [1.82, 2.24) is 4.98 Å². The molecule has 0 fully saturated rings. The molecule has 3 rings (SSSR count). The molecule has 1 aromatic rings. The van der Waals surface area contributed by atoms with Gasteiger partial charge in [0.1, 0.15) is 0 Å². The number of hydrogen-bond donors (Lipinski definition) is 1. The standard InChI is InChI=1S/C13H17NO/c1-15-9-6-7-13-11(8-9)10-4-2-3-5-12(10)14-13/h6-7,9,14H,2-5,8H2,1H3. The van der Waals surface area contributed by atoms with E-state index in [4.69, 9.17) is 4.74 Å². The lowest BCUT2D eigenvalue weighted by atomic mass is 9.90. The van der Waals surface area contributed by atoms with Crippen molar-refractivity contribution >= 4 is 6.08 Å². The second-order valence-corrected chi connectivity index (χ2v) is 4.52. The van der Waals surface area contributed by atoms with Crippen LogP contribution < -0.4 is 0 Å². The zero-order chi connectivity index (χ0) is 10.3. The molecule has 1 aromatic heterocycles. The van der Waals surface area contributed by atoms with E-state index in [2.05, 4.69) is 17.1 Å². The summed E-state index contributed by atoms with van der Waals surface area (Å²) in [6.07, 6.45) is 10.8. The highest BCUT2D eigenvalue weighted by molar-refractivity contribution is 5.58. The van der Waals surface area contributed by atoms with Gasteiger partial charge in [-0.2, -0.15) is 0 Å². The van der Waals surface area contributed by atoms with Crippen molar-refractivity contribution in [1.29, 1.82) is 0 Å². The third-order valence-corrected chi connectivity index (χ3v) is 3.63. The van der Waals surface area contributed by atoms with Crippen molar-refractivity contribution < 1.29 is 4.74 Å². The number of methoxy groups -OCH3 is 1. The van der Waals surface area contributed by atoms with Gasteiger partial charge in [0.2, 0.25) is 0 Å². The van der Waals surface area contributed by atoms with Gasteiger partial charge >= 0.3 is 0 Å². The Morgan fingerprint density at radius 2 is 2.13 bits per heavy atom. The fraction of sp³-hybridized carbons (Fsp3) is 0.538. The zero-order valence-electron chi connectivity index (χ0n) is 9.18. The van der Waals surface area contributed by atoms with Crippen LogP contribution in [0.25, 0.3) is 6.08 Å². The number of H-pyrrole nitrogens is 1. The van der Waals surface area contributed by atoms with Crippen molar-refractivity contribution in [3.63, 3.8) is 0 Å². The van der Waals surface area contributed by atoms with Crippen LogP contribution in [0.2, 0.25) is 0 Å². The summed E-state index contributed by atoms with van der Waals surface area (Å²) < 4.78 is 5.41. The average Bonchev–Trinajstić information content (AvgIpc) is 2.66. The molecule has 0 radical (unpaired) electrons. The molecule has 0 spiro atoms. The normalized spacial score (nSPS) is 23.7. The van der Waals surface area contributed by atoms with Gasteiger partial charge in [-0.1, -0.05) is 6.08 Å². The van der Waals surface area contributed by atoms with E-state index in [1.54, 1.807) is 12.7 Å². The molecule has 2 aliphatic rings. The zero-order valence-corrected chi connectivity index (χ0v) is 9.18.